The molecule has 3 aliphatic rings. The average Bonchev–Trinajstić information content (AvgIpc) is 3.74. The topological polar surface area (TPSA) is 90.1 Å². The molecular weight excluding hydrogens is 612 g/mol. The van der Waals surface area contributed by atoms with E-state index in [-0.39, 0.29) is 13.0 Å². The number of hydrogen-bond donors (Lipinski definition) is 1. The molecule has 6 heterocycles. The monoisotopic (exact) mass is 637 g/mol. The van der Waals surface area contributed by atoms with Crippen LogP contribution in [0.2, 0.25) is 10.0 Å². The van der Waals surface area contributed by atoms with Gasteiger partial charge in [0.15, 0.2) is 11.2 Å². The minimum atomic E-state index is -1.03. The van der Waals surface area contributed by atoms with Crippen molar-refractivity contribution in [3.63, 3.8) is 0 Å². The maximum absolute atomic E-state index is 14.3. The predicted molar refractivity (Wildman–Crippen MR) is 163 cm³/mol. The van der Waals surface area contributed by atoms with E-state index in [0.717, 1.165) is 44.0 Å². The van der Waals surface area contributed by atoms with E-state index in [1.54, 1.807) is 28.7 Å². The number of rotatable bonds is 7. The van der Waals surface area contributed by atoms with E-state index < -0.39 is 18.1 Å². The Kier molecular flexibility index (Phi) is 6.57. The van der Waals surface area contributed by atoms with E-state index in [2.05, 4.69) is 32.3 Å². The molecule has 1 spiro atoms. The molecule has 2 aromatic carbocycles. The first-order chi connectivity index (χ1) is 20.9. The normalized spacial score (nSPS) is 19.7. The number of aromatic nitrogens is 5. The zero-order chi connectivity index (χ0) is 29.3. The number of benzene rings is 2. The summed E-state index contributed by atoms with van der Waals surface area (Å²) >= 11 is 15.1. The number of likely N-dealkylation sites (tertiary alicyclic amines) is 1. The Morgan fingerprint density at radius 3 is 2.74 bits per heavy atom. The van der Waals surface area contributed by atoms with Gasteiger partial charge in [-0.05, 0) is 17.2 Å². The van der Waals surface area contributed by atoms with Crippen molar-refractivity contribution in [3.05, 3.63) is 81.4 Å². The average molecular weight is 639 g/mol. The van der Waals surface area contributed by atoms with Gasteiger partial charge in [-0.15, -0.1) is 11.3 Å². The highest BCUT2D eigenvalue weighted by Gasteiger charge is 2.48. The summed E-state index contributed by atoms with van der Waals surface area (Å²) in [5, 5.41) is 11.3. The number of nitrogens with zero attached hydrogens (tertiary/aromatic N) is 6. The number of fused-ring (bicyclic) bond motifs is 2. The van der Waals surface area contributed by atoms with Crippen LogP contribution >= 0.6 is 34.5 Å². The molecule has 5 aromatic rings. The molecule has 0 bridgehead atoms. The Labute approximate surface area is 260 Å². The molecule has 3 aromatic heterocycles. The fourth-order valence-electron chi connectivity index (χ4n) is 6.45. The maximum atomic E-state index is 14.3. The van der Waals surface area contributed by atoms with Crippen LogP contribution in [0.25, 0.3) is 22.0 Å². The summed E-state index contributed by atoms with van der Waals surface area (Å²) in [6, 6.07) is 9.16. The number of halogens is 3. The molecule has 43 heavy (non-hydrogen) atoms. The molecule has 0 radical (unpaired) electrons. The molecule has 9 nitrogen and oxygen atoms in total. The fourth-order valence-corrected chi connectivity index (χ4v) is 7.53. The summed E-state index contributed by atoms with van der Waals surface area (Å²) in [5.41, 5.74) is 4.84. The maximum Gasteiger partial charge on any atom is 0.257 e. The van der Waals surface area contributed by atoms with Gasteiger partial charge in [-0.25, -0.2) is 14.4 Å². The molecule has 3 aliphatic heterocycles. The van der Waals surface area contributed by atoms with E-state index >= 15 is 0 Å². The molecule has 0 aliphatic carbocycles. The van der Waals surface area contributed by atoms with E-state index in [0.29, 0.717) is 42.9 Å². The molecule has 1 unspecified atom stereocenters. The third kappa shape index (κ3) is 4.74. The molecule has 1 amide bonds. The molecule has 2 fully saturated rings. The number of thiazole rings is 1. The Hall–Kier alpha value is -3.35. The van der Waals surface area contributed by atoms with Crippen LogP contribution < -0.4 is 5.32 Å². The third-order valence-corrected chi connectivity index (χ3v) is 9.92. The molecule has 13 heteroatoms. The Bertz CT molecular complexity index is 1840. The second kappa shape index (κ2) is 10.4. The lowest BCUT2D eigenvalue weighted by Gasteiger charge is -2.55. The van der Waals surface area contributed by atoms with Gasteiger partial charge < -0.3 is 9.30 Å². The fraction of sp³-hybridized carbons (Fsp3) is 0.333. The van der Waals surface area contributed by atoms with Crippen LogP contribution in [0.15, 0.2) is 54.4 Å². The highest BCUT2D eigenvalue weighted by Crippen LogP contribution is 2.41. The zero-order valence-corrected chi connectivity index (χ0v) is 25.2. The molecule has 8 rings (SSSR count). The van der Waals surface area contributed by atoms with Crippen molar-refractivity contribution >= 4 is 56.5 Å². The van der Waals surface area contributed by atoms with Crippen LogP contribution in [-0.4, -0.2) is 67.6 Å². The summed E-state index contributed by atoms with van der Waals surface area (Å²) < 4.78 is 23.0. The third-order valence-electron chi connectivity index (χ3n) is 8.53. The van der Waals surface area contributed by atoms with Crippen LogP contribution in [0.3, 0.4) is 0 Å². The first-order valence-electron chi connectivity index (χ1n) is 14.0. The Morgan fingerprint density at radius 2 is 2.02 bits per heavy atom. The van der Waals surface area contributed by atoms with Crippen LogP contribution in [0.4, 0.5) is 9.52 Å². The smallest absolute Gasteiger partial charge is 0.257 e. The molecule has 0 saturated carbocycles. The molecule has 2 saturated heterocycles. The summed E-state index contributed by atoms with van der Waals surface area (Å²) in [6.07, 6.45) is 4.02. The highest BCUT2D eigenvalue weighted by molar-refractivity contribution is 7.13. The summed E-state index contributed by atoms with van der Waals surface area (Å²) in [4.78, 5) is 24.8. The lowest BCUT2D eigenvalue weighted by Crippen LogP contribution is -2.65. The Morgan fingerprint density at radius 1 is 1.21 bits per heavy atom. The van der Waals surface area contributed by atoms with Gasteiger partial charge in [-0.3, -0.25) is 19.7 Å². The molecule has 1 N–H and O–H groups in total. The minimum absolute atomic E-state index is 0.172. The number of imidazole rings is 1. The van der Waals surface area contributed by atoms with Gasteiger partial charge in [0.2, 0.25) is 0 Å². The standard InChI is InChI=1S/C30H26Cl2FN7O2S/c31-22-8-20(18-3-1-17(2-4-18)9-38-12-30(13-38)14-42-15-30)24(32)25-21(22)11-40(37-25)27(28(41)36-29-34-5-6-43-29)26-23-7-19(33)10-39(23)16-35-26/h1-6,8,11,16,19,27H,7,9-10,12-15H2,(H,34,36,41)/t19-,27?/m1/s1. The number of anilines is 1. The summed E-state index contributed by atoms with van der Waals surface area (Å²) in [7, 11) is 0. The minimum Gasteiger partial charge on any atom is -0.380 e. The number of nitrogens with one attached hydrogen (secondary N) is 1. The van der Waals surface area contributed by atoms with Crippen molar-refractivity contribution < 1.29 is 13.9 Å². The summed E-state index contributed by atoms with van der Waals surface area (Å²) in [5.74, 6) is -0.396. The van der Waals surface area contributed by atoms with Gasteiger partial charge >= 0.3 is 0 Å². The number of carbonyl (C=O) groups excluding carboxylic acids is 1. The van der Waals surface area contributed by atoms with E-state index in [1.165, 1.54) is 21.6 Å². The van der Waals surface area contributed by atoms with Crippen molar-refractivity contribution in [2.24, 2.45) is 5.41 Å². The zero-order valence-electron chi connectivity index (χ0n) is 22.8. The lowest BCUT2D eigenvalue weighted by molar-refractivity contribution is -0.191. The van der Waals surface area contributed by atoms with Gasteiger partial charge in [0.05, 0.1) is 41.8 Å². The highest BCUT2D eigenvalue weighted by atomic mass is 35.5. The number of carbonyl (C=O) groups is 1. The largest absolute Gasteiger partial charge is 0.380 e. The molecule has 220 valence electrons. The van der Waals surface area contributed by atoms with Crippen molar-refractivity contribution in [3.8, 4) is 11.1 Å². The summed E-state index contributed by atoms with van der Waals surface area (Å²) in [6.45, 7) is 5.01. The van der Waals surface area contributed by atoms with Gasteiger partial charge in [-0.2, -0.15) is 5.10 Å². The van der Waals surface area contributed by atoms with Gasteiger partial charge in [0.25, 0.3) is 5.91 Å². The van der Waals surface area contributed by atoms with Crippen LogP contribution in [0.1, 0.15) is 23.0 Å². The van der Waals surface area contributed by atoms with E-state index in [4.69, 9.17) is 33.0 Å². The van der Waals surface area contributed by atoms with E-state index in [1.807, 2.05) is 18.2 Å². The van der Waals surface area contributed by atoms with Crippen LogP contribution in [0, 0.1) is 5.41 Å². The SMILES string of the molecule is O=C(Nc1nccs1)C(c1ncn2c1C[C@@H](F)C2)n1cc2c(Cl)cc(-c3ccc(CN4CC5(COC5)C4)cc3)c(Cl)c2n1. The molecule has 2 atom stereocenters. The lowest BCUT2D eigenvalue weighted by atomic mass is 9.78. The number of alkyl halides is 1. The van der Waals surface area contributed by atoms with Crippen molar-refractivity contribution in [2.45, 2.75) is 31.7 Å². The Balaban J connectivity index is 1.12. The van der Waals surface area contributed by atoms with Gasteiger partial charge in [0, 0.05) is 65.9 Å². The van der Waals surface area contributed by atoms with Crippen LogP contribution in [0.5, 0.6) is 0 Å². The number of hydrogen-bond acceptors (Lipinski definition) is 7. The predicted octanol–water partition coefficient (Wildman–Crippen LogP) is 5.62. The first kappa shape index (κ1) is 27.2. The van der Waals surface area contributed by atoms with Crippen LogP contribution in [-0.2, 0) is 29.0 Å². The van der Waals surface area contributed by atoms with Crippen molar-refractivity contribution in [2.75, 3.05) is 31.6 Å². The van der Waals surface area contributed by atoms with Gasteiger partial charge in [-0.1, -0.05) is 47.5 Å². The van der Waals surface area contributed by atoms with Crippen molar-refractivity contribution in [1.82, 2.24) is 29.2 Å². The van der Waals surface area contributed by atoms with Crippen molar-refractivity contribution in [1.29, 1.82) is 0 Å². The number of amides is 1. The second-order valence-electron chi connectivity index (χ2n) is 11.7. The van der Waals surface area contributed by atoms with E-state index in [9.17, 15) is 9.18 Å². The first-order valence-corrected chi connectivity index (χ1v) is 15.6. The number of ether oxygens (including phenoxy) is 1. The van der Waals surface area contributed by atoms with Gasteiger partial charge in [0.1, 0.15) is 11.7 Å². The quantitative estimate of drug-likeness (QED) is 0.249. The molecular formula is C30H26Cl2FN7O2S. The second-order valence-corrected chi connectivity index (χ2v) is 13.4.